The second kappa shape index (κ2) is 6.15. The largest absolute Gasteiger partial charge is 0.274 e. The fourth-order valence-electron chi connectivity index (χ4n) is 2.60. The van der Waals surface area contributed by atoms with E-state index in [4.69, 9.17) is 23.2 Å². The third-order valence-corrected chi connectivity index (χ3v) is 6.13. The number of hydrogen-bond donors (Lipinski definition) is 0. The molecular formula is C16H13Cl2NO3S. The number of carbonyl (C=O) groups is 1. The smallest absolute Gasteiger partial charge is 0.266 e. The second-order valence-electron chi connectivity index (χ2n) is 5.34. The molecular weight excluding hydrogens is 357 g/mol. The molecule has 0 aliphatic carbocycles. The maximum absolute atomic E-state index is 12.6. The number of nitrogens with zero attached hydrogens (tertiary/aromatic N) is 1. The monoisotopic (exact) mass is 369 g/mol. The number of halogens is 2. The van der Waals surface area contributed by atoms with Crippen LogP contribution in [0, 0.1) is 0 Å². The molecule has 7 heteroatoms. The van der Waals surface area contributed by atoms with Gasteiger partial charge < -0.3 is 0 Å². The lowest BCUT2D eigenvalue weighted by Gasteiger charge is -2.17. The number of rotatable bonds is 3. The summed E-state index contributed by atoms with van der Waals surface area (Å²) in [5.41, 5.74) is 0.900. The van der Waals surface area contributed by atoms with Crippen LogP contribution in [0.1, 0.15) is 17.9 Å². The van der Waals surface area contributed by atoms with E-state index in [0.717, 1.165) is 9.87 Å². The van der Waals surface area contributed by atoms with Crippen molar-refractivity contribution in [3.63, 3.8) is 0 Å². The fourth-order valence-corrected chi connectivity index (χ4v) is 4.31. The van der Waals surface area contributed by atoms with Gasteiger partial charge in [-0.05, 0) is 42.0 Å². The molecule has 3 rings (SSSR count). The van der Waals surface area contributed by atoms with E-state index in [0.29, 0.717) is 10.0 Å². The van der Waals surface area contributed by atoms with Crippen LogP contribution in [0.3, 0.4) is 0 Å². The van der Waals surface area contributed by atoms with Gasteiger partial charge in [-0.25, -0.2) is 12.7 Å². The highest BCUT2D eigenvalue weighted by Gasteiger charge is 2.38. The summed E-state index contributed by atoms with van der Waals surface area (Å²) < 4.78 is 26.2. The van der Waals surface area contributed by atoms with Crippen molar-refractivity contribution >= 4 is 39.1 Å². The van der Waals surface area contributed by atoms with Crippen LogP contribution < -0.4 is 0 Å². The van der Waals surface area contributed by atoms with Crippen LogP contribution >= 0.6 is 23.2 Å². The SMILES string of the molecule is O=C1C[C@@H](c2ccc(Cl)cc2)CN1S(=O)(=O)c1ccc(Cl)cc1. The summed E-state index contributed by atoms with van der Waals surface area (Å²) >= 11 is 11.6. The maximum Gasteiger partial charge on any atom is 0.266 e. The molecule has 1 aliphatic rings. The Labute approximate surface area is 144 Å². The lowest BCUT2D eigenvalue weighted by Crippen LogP contribution is -2.32. The van der Waals surface area contributed by atoms with Gasteiger partial charge in [0.15, 0.2) is 0 Å². The topological polar surface area (TPSA) is 54.5 Å². The number of hydrogen-bond acceptors (Lipinski definition) is 3. The van der Waals surface area contributed by atoms with Crippen molar-refractivity contribution < 1.29 is 13.2 Å². The van der Waals surface area contributed by atoms with Crippen LogP contribution in [0.25, 0.3) is 0 Å². The molecule has 0 N–H and O–H groups in total. The normalized spacial score (nSPS) is 18.4. The van der Waals surface area contributed by atoms with Gasteiger partial charge in [-0.15, -0.1) is 0 Å². The Kier molecular flexibility index (Phi) is 4.36. The first kappa shape index (κ1) is 16.3. The predicted molar refractivity (Wildman–Crippen MR) is 89.2 cm³/mol. The predicted octanol–water partition coefficient (Wildman–Crippen LogP) is 3.70. The molecule has 0 spiro atoms. The molecule has 0 unspecified atom stereocenters. The summed E-state index contributed by atoms with van der Waals surface area (Å²) in [4.78, 5) is 12.3. The van der Waals surface area contributed by atoms with E-state index in [9.17, 15) is 13.2 Å². The molecule has 1 saturated heterocycles. The second-order valence-corrected chi connectivity index (χ2v) is 8.07. The Balaban J connectivity index is 1.87. The zero-order chi connectivity index (χ0) is 16.6. The number of carbonyl (C=O) groups excluding carboxylic acids is 1. The molecule has 0 aromatic heterocycles. The Morgan fingerprint density at radius 1 is 0.913 bits per heavy atom. The van der Waals surface area contributed by atoms with Gasteiger partial charge in [0.2, 0.25) is 5.91 Å². The summed E-state index contributed by atoms with van der Waals surface area (Å²) in [6, 6.07) is 12.9. The van der Waals surface area contributed by atoms with Crippen molar-refractivity contribution in [1.82, 2.24) is 4.31 Å². The summed E-state index contributed by atoms with van der Waals surface area (Å²) in [6.07, 6.45) is 0.161. The molecule has 0 radical (unpaired) electrons. The van der Waals surface area contributed by atoms with Crippen LogP contribution in [0.15, 0.2) is 53.4 Å². The highest BCUT2D eigenvalue weighted by atomic mass is 35.5. The third kappa shape index (κ3) is 3.22. The Morgan fingerprint density at radius 3 is 2.00 bits per heavy atom. The minimum absolute atomic E-state index is 0.0620. The zero-order valence-electron chi connectivity index (χ0n) is 11.9. The molecule has 1 amide bonds. The number of amides is 1. The Hall–Kier alpha value is -1.56. The van der Waals surface area contributed by atoms with Gasteiger partial charge in [-0.1, -0.05) is 35.3 Å². The van der Waals surface area contributed by atoms with E-state index >= 15 is 0 Å². The molecule has 1 aliphatic heterocycles. The molecule has 1 heterocycles. The minimum Gasteiger partial charge on any atom is -0.274 e. The van der Waals surface area contributed by atoms with Gasteiger partial charge in [0.05, 0.1) is 4.90 Å². The van der Waals surface area contributed by atoms with Crippen molar-refractivity contribution in [3.8, 4) is 0 Å². The number of sulfonamides is 1. The van der Waals surface area contributed by atoms with Gasteiger partial charge in [-0.2, -0.15) is 0 Å². The molecule has 23 heavy (non-hydrogen) atoms. The molecule has 4 nitrogen and oxygen atoms in total. The first-order chi connectivity index (χ1) is 10.9. The van der Waals surface area contributed by atoms with Crippen LogP contribution in [0.4, 0.5) is 0 Å². The van der Waals surface area contributed by atoms with Gasteiger partial charge >= 0.3 is 0 Å². The van der Waals surface area contributed by atoms with E-state index in [1.807, 2.05) is 12.1 Å². The molecule has 0 bridgehead atoms. The van der Waals surface area contributed by atoms with Crippen molar-refractivity contribution in [2.45, 2.75) is 17.2 Å². The average Bonchev–Trinajstić information content (AvgIpc) is 2.91. The first-order valence-corrected chi connectivity index (χ1v) is 9.14. The zero-order valence-corrected chi connectivity index (χ0v) is 14.3. The van der Waals surface area contributed by atoms with Gasteiger partial charge in [0.1, 0.15) is 0 Å². The standard InChI is InChI=1S/C16H13Cl2NO3S/c17-13-3-1-11(2-4-13)12-9-16(20)19(10-12)23(21,22)15-7-5-14(18)6-8-15/h1-8,12H,9-10H2/t12-/m1/s1. The van der Waals surface area contributed by atoms with Crippen LogP contribution in [0.2, 0.25) is 10.0 Å². The van der Waals surface area contributed by atoms with Crippen molar-refractivity contribution in [2.75, 3.05) is 6.54 Å². The highest BCUT2D eigenvalue weighted by Crippen LogP contribution is 2.32. The van der Waals surface area contributed by atoms with E-state index in [2.05, 4.69) is 0 Å². The lowest BCUT2D eigenvalue weighted by atomic mass is 9.99. The van der Waals surface area contributed by atoms with Gasteiger partial charge in [0, 0.05) is 28.9 Å². The van der Waals surface area contributed by atoms with Crippen LogP contribution in [-0.4, -0.2) is 25.2 Å². The van der Waals surface area contributed by atoms with E-state index in [-0.39, 0.29) is 23.8 Å². The van der Waals surface area contributed by atoms with Crippen molar-refractivity contribution in [2.24, 2.45) is 0 Å². The molecule has 120 valence electrons. The van der Waals surface area contributed by atoms with Crippen molar-refractivity contribution in [1.29, 1.82) is 0 Å². The first-order valence-electron chi connectivity index (χ1n) is 6.94. The third-order valence-electron chi connectivity index (χ3n) is 3.83. The van der Waals surface area contributed by atoms with Crippen LogP contribution in [0.5, 0.6) is 0 Å². The van der Waals surface area contributed by atoms with Crippen LogP contribution in [-0.2, 0) is 14.8 Å². The quantitative estimate of drug-likeness (QED) is 0.828. The summed E-state index contributed by atoms with van der Waals surface area (Å²) in [7, 11) is -3.85. The van der Waals surface area contributed by atoms with Gasteiger partial charge in [-0.3, -0.25) is 4.79 Å². The molecule has 1 atom stereocenters. The lowest BCUT2D eigenvalue weighted by molar-refractivity contribution is -0.123. The highest BCUT2D eigenvalue weighted by molar-refractivity contribution is 7.89. The summed E-state index contributed by atoms with van der Waals surface area (Å²) in [5, 5.41) is 1.04. The minimum atomic E-state index is -3.85. The molecule has 0 saturated carbocycles. The molecule has 2 aromatic rings. The molecule has 2 aromatic carbocycles. The summed E-state index contributed by atoms with van der Waals surface area (Å²) in [5.74, 6) is -0.568. The Morgan fingerprint density at radius 2 is 1.43 bits per heavy atom. The van der Waals surface area contributed by atoms with E-state index in [1.54, 1.807) is 12.1 Å². The molecule has 1 fully saturated rings. The van der Waals surface area contributed by atoms with E-state index < -0.39 is 15.9 Å². The van der Waals surface area contributed by atoms with Crippen molar-refractivity contribution in [3.05, 3.63) is 64.1 Å². The van der Waals surface area contributed by atoms with E-state index in [1.165, 1.54) is 24.3 Å². The average molecular weight is 370 g/mol. The summed E-state index contributed by atoms with van der Waals surface area (Å²) in [6.45, 7) is 0.130. The number of benzene rings is 2. The van der Waals surface area contributed by atoms with Gasteiger partial charge in [0.25, 0.3) is 10.0 Å². The Bertz CT molecular complexity index is 833. The maximum atomic E-state index is 12.6. The fraction of sp³-hybridized carbons (Fsp3) is 0.188.